The molecule has 0 bridgehead atoms. The van der Waals surface area contributed by atoms with Gasteiger partial charge in [0.1, 0.15) is 46.0 Å². The number of carbonyl (C=O) groups is 4. The van der Waals surface area contributed by atoms with Gasteiger partial charge in [-0.05, 0) is 181 Å². The summed E-state index contributed by atoms with van der Waals surface area (Å²) in [5, 5.41) is 19.2. The second-order valence-corrected chi connectivity index (χ2v) is 22.9. The van der Waals surface area contributed by atoms with Crippen molar-refractivity contribution in [3.8, 4) is 46.0 Å². The highest BCUT2D eigenvalue weighted by atomic mass is 32.2. The molecule has 3 aliphatic rings. The zero-order valence-electron chi connectivity index (χ0n) is 40.4. The molecule has 4 amide bonds. The molecule has 4 unspecified atom stereocenters. The Morgan fingerprint density at radius 3 is 0.829 bits per heavy atom. The van der Waals surface area contributed by atoms with Gasteiger partial charge in [-0.15, -0.1) is 0 Å². The van der Waals surface area contributed by atoms with E-state index in [0.29, 0.717) is 34.5 Å². The van der Waals surface area contributed by atoms with Crippen molar-refractivity contribution in [3.63, 3.8) is 0 Å². The van der Waals surface area contributed by atoms with Gasteiger partial charge >= 0.3 is 0 Å². The molecule has 380 valence electrons. The van der Waals surface area contributed by atoms with E-state index in [1.54, 1.807) is 36.4 Å². The van der Waals surface area contributed by atoms with E-state index >= 15 is 0 Å². The summed E-state index contributed by atoms with van der Waals surface area (Å²) in [6.45, 7) is 4.19. The lowest BCUT2D eigenvalue weighted by molar-refractivity contribution is -0.146. The highest BCUT2D eigenvalue weighted by molar-refractivity contribution is 7.91. The maximum Gasteiger partial charge on any atom is 0.238 e. The van der Waals surface area contributed by atoms with Crippen LogP contribution in [0.1, 0.15) is 25.0 Å². The fraction of sp³-hybridized carbons (Fsp3) is 0.119. The molecule has 1 saturated carbocycles. The van der Waals surface area contributed by atoms with Gasteiger partial charge in [0.25, 0.3) is 0 Å². The molecule has 2 heterocycles. The standard InChI is InChI=1S/C59H44N2O13S2/c1-59(2,35-3-15-41(16-4-35)72-44-21-29-48(30-22-44)75(68,69)47-27-13-40(63)14-28-47)36-5-17-42(18-6-36)73-45-23-31-49(32-24-45)76(70,71)50-33-25-46(26-34-50)74-43-19-9-38(10-20-43)61-57(66)53-51-52(54(53)58(61)67)56(65)60(55(51)64)37-7-11-39(62)12-8-37/h3-34,51-54,62-63H,1-2H3. The fourth-order valence-electron chi connectivity index (χ4n) is 9.98. The second-order valence-electron chi connectivity index (χ2n) is 19.0. The summed E-state index contributed by atoms with van der Waals surface area (Å²) in [6, 6.07) is 50.4. The Hall–Kier alpha value is -9.06. The minimum atomic E-state index is -3.93. The summed E-state index contributed by atoms with van der Waals surface area (Å²) in [6.07, 6.45) is 0. The number of phenols is 2. The number of ether oxygens (including phenoxy) is 3. The van der Waals surface area contributed by atoms with Gasteiger partial charge in [-0.25, -0.2) is 16.8 Å². The number of fused-ring (bicyclic) bond motifs is 4. The molecule has 1 aliphatic carbocycles. The summed E-state index contributed by atoms with van der Waals surface area (Å²) in [5.74, 6) is -3.44. The number of aromatic hydroxyl groups is 2. The Morgan fingerprint density at radius 2 is 0.553 bits per heavy atom. The molecule has 8 aromatic rings. The number of hydrogen-bond donors (Lipinski definition) is 2. The van der Waals surface area contributed by atoms with Gasteiger partial charge < -0.3 is 24.4 Å². The fourth-order valence-corrected chi connectivity index (χ4v) is 12.5. The van der Waals surface area contributed by atoms with Crippen molar-refractivity contribution >= 4 is 54.7 Å². The van der Waals surface area contributed by atoms with Crippen molar-refractivity contribution in [2.75, 3.05) is 9.80 Å². The van der Waals surface area contributed by atoms with E-state index in [2.05, 4.69) is 13.8 Å². The first-order valence-corrected chi connectivity index (χ1v) is 26.8. The lowest BCUT2D eigenvalue weighted by Crippen LogP contribution is -2.50. The topological polar surface area (TPSA) is 211 Å². The molecule has 11 rings (SSSR count). The van der Waals surface area contributed by atoms with Gasteiger partial charge in [-0.3, -0.25) is 29.0 Å². The highest BCUT2D eigenvalue weighted by Crippen LogP contribution is 2.57. The summed E-state index contributed by atoms with van der Waals surface area (Å²) in [5.41, 5.74) is 2.13. The minimum absolute atomic E-state index is 0.0235. The Labute approximate surface area is 436 Å². The summed E-state index contributed by atoms with van der Waals surface area (Å²) < 4.78 is 71.4. The molecule has 2 N–H and O–H groups in total. The Kier molecular flexibility index (Phi) is 12.1. The number of benzene rings is 8. The van der Waals surface area contributed by atoms with Crippen LogP contribution in [-0.4, -0.2) is 50.7 Å². The number of rotatable bonds is 14. The Morgan fingerprint density at radius 1 is 0.342 bits per heavy atom. The summed E-state index contributed by atoms with van der Waals surface area (Å²) >= 11 is 0. The van der Waals surface area contributed by atoms with Crippen LogP contribution in [0.2, 0.25) is 0 Å². The van der Waals surface area contributed by atoms with Crippen LogP contribution in [0.5, 0.6) is 46.0 Å². The maximum absolute atomic E-state index is 13.7. The quantitative estimate of drug-likeness (QED) is 0.0972. The van der Waals surface area contributed by atoms with Gasteiger partial charge in [0.2, 0.25) is 43.3 Å². The van der Waals surface area contributed by atoms with Crippen molar-refractivity contribution in [1.29, 1.82) is 0 Å². The monoisotopic (exact) mass is 1050 g/mol. The average molecular weight is 1050 g/mol. The molecule has 15 nitrogen and oxygen atoms in total. The Balaban J connectivity index is 0.675. The van der Waals surface area contributed by atoms with Crippen molar-refractivity contribution < 1.29 is 60.4 Å². The SMILES string of the molecule is CC(C)(c1ccc(Oc2ccc(S(=O)(=O)c3ccc(O)cc3)cc2)cc1)c1ccc(Oc2ccc(S(=O)(=O)c3ccc(Oc4ccc(N5C(=O)C6C7C(=O)N(c8ccc(O)cc8)C(=O)C7C6C5=O)cc4)cc3)cc2)cc1. The molecule has 0 aromatic heterocycles. The van der Waals surface area contributed by atoms with Crippen LogP contribution in [-0.2, 0) is 44.3 Å². The molecule has 2 saturated heterocycles. The van der Waals surface area contributed by atoms with Crippen molar-refractivity contribution in [2.45, 2.75) is 38.8 Å². The Bertz CT molecular complexity index is 3770. The number of sulfone groups is 2. The molecule has 3 fully saturated rings. The number of anilines is 2. The van der Waals surface area contributed by atoms with E-state index in [1.165, 1.54) is 109 Å². The molecule has 0 radical (unpaired) electrons. The van der Waals surface area contributed by atoms with E-state index in [9.17, 15) is 46.2 Å². The van der Waals surface area contributed by atoms with Crippen LogP contribution >= 0.6 is 0 Å². The van der Waals surface area contributed by atoms with E-state index in [4.69, 9.17) is 14.2 Å². The zero-order valence-corrected chi connectivity index (χ0v) is 42.0. The van der Waals surface area contributed by atoms with Crippen LogP contribution < -0.4 is 24.0 Å². The number of phenolic OH excluding ortho intramolecular Hbond substituents is 2. The lowest BCUT2D eigenvalue weighted by Gasteiger charge is -2.36. The molecule has 0 spiro atoms. The van der Waals surface area contributed by atoms with E-state index in [0.717, 1.165) is 20.9 Å². The van der Waals surface area contributed by atoms with Crippen molar-refractivity contribution in [2.24, 2.45) is 23.7 Å². The van der Waals surface area contributed by atoms with Gasteiger partial charge in [-0.2, -0.15) is 0 Å². The van der Waals surface area contributed by atoms with Crippen molar-refractivity contribution in [3.05, 3.63) is 205 Å². The molecule has 76 heavy (non-hydrogen) atoms. The molecule has 8 aromatic carbocycles. The smallest absolute Gasteiger partial charge is 0.238 e. The number of nitrogens with zero attached hydrogens (tertiary/aromatic N) is 2. The van der Waals surface area contributed by atoms with Gasteiger partial charge in [-0.1, -0.05) is 38.1 Å². The predicted octanol–water partition coefficient (Wildman–Crippen LogP) is 10.4. The van der Waals surface area contributed by atoms with E-state index < -0.39 is 72.4 Å². The molecule has 17 heteroatoms. The van der Waals surface area contributed by atoms with Crippen molar-refractivity contribution in [1.82, 2.24) is 0 Å². The second kappa shape index (κ2) is 18.7. The maximum atomic E-state index is 13.7. The summed E-state index contributed by atoms with van der Waals surface area (Å²) in [7, 11) is -7.70. The van der Waals surface area contributed by atoms with Crippen LogP contribution in [0.15, 0.2) is 214 Å². The molecule has 4 atom stereocenters. The predicted molar refractivity (Wildman–Crippen MR) is 277 cm³/mol. The first kappa shape index (κ1) is 49.2. The van der Waals surface area contributed by atoms with Crippen LogP contribution in [0, 0.1) is 23.7 Å². The summed E-state index contributed by atoms with van der Waals surface area (Å²) in [4.78, 5) is 56.2. The number of carbonyl (C=O) groups excluding carboxylic acids is 4. The largest absolute Gasteiger partial charge is 0.508 e. The van der Waals surface area contributed by atoms with Crippen LogP contribution in [0.25, 0.3) is 0 Å². The van der Waals surface area contributed by atoms with Gasteiger partial charge in [0, 0.05) is 5.41 Å². The van der Waals surface area contributed by atoms with Crippen LogP contribution in [0.3, 0.4) is 0 Å². The number of amides is 4. The number of imide groups is 2. The third-order valence-electron chi connectivity index (χ3n) is 14.2. The van der Waals surface area contributed by atoms with Crippen LogP contribution in [0.4, 0.5) is 11.4 Å². The van der Waals surface area contributed by atoms with E-state index in [-0.39, 0.29) is 42.5 Å². The first-order chi connectivity index (χ1) is 36.4. The lowest BCUT2D eigenvalue weighted by atomic mass is 9.59. The normalized spacial score (nSPS) is 18.2. The molecular formula is C59H44N2O13S2. The zero-order chi connectivity index (χ0) is 53.3. The van der Waals surface area contributed by atoms with Gasteiger partial charge in [0.05, 0.1) is 54.6 Å². The molecule has 2 aliphatic heterocycles. The van der Waals surface area contributed by atoms with E-state index in [1.807, 2.05) is 48.5 Å². The highest BCUT2D eigenvalue weighted by Gasteiger charge is 2.73. The average Bonchev–Trinajstić information content (AvgIpc) is 3.87. The third-order valence-corrected chi connectivity index (χ3v) is 17.8. The first-order valence-electron chi connectivity index (χ1n) is 23.9. The minimum Gasteiger partial charge on any atom is -0.508 e. The number of hydrogen-bond acceptors (Lipinski definition) is 13. The third kappa shape index (κ3) is 8.68. The van der Waals surface area contributed by atoms with Gasteiger partial charge in [0.15, 0.2) is 0 Å². The molecular weight excluding hydrogens is 1010 g/mol.